The summed E-state index contributed by atoms with van der Waals surface area (Å²) < 4.78 is 78.3. The van der Waals surface area contributed by atoms with Crippen LogP contribution in [0.4, 0.5) is 29.3 Å². The minimum Gasteiger partial charge on any atom is -0.453 e. The van der Waals surface area contributed by atoms with Gasteiger partial charge in [-0.05, 0) is 124 Å². The first-order valence-corrected chi connectivity index (χ1v) is 20.7. The molecular weight excluding hydrogens is 732 g/mol. The minimum atomic E-state index is -4.08. The lowest BCUT2D eigenvalue weighted by Gasteiger charge is -2.54. The number of ether oxygens (including phenoxy) is 1. The zero-order valence-electron chi connectivity index (χ0n) is 31.4. The van der Waals surface area contributed by atoms with Crippen molar-refractivity contribution in [1.82, 2.24) is 15.1 Å². The van der Waals surface area contributed by atoms with Crippen LogP contribution in [0, 0.1) is 23.5 Å². The summed E-state index contributed by atoms with van der Waals surface area (Å²) in [5, 5.41) is 5.66. The molecule has 4 aliphatic rings. The fraction of sp³-hybridized carbons (Fsp3) is 0.512. The Morgan fingerprint density at radius 2 is 1.62 bits per heavy atom. The second-order valence-electron chi connectivity index (χ2n) is 15.8. The number of anilines is 2. The van der Waals surface area contributed by atoms with Crippen molar-refractivity contribution < 1.29 is 35.9 Å². The molecule has 4 fully saturated rings. The van der Waals surface area contributed by atoms with E-state index in [1.54, 1.807) is 23.1 Å². The molecule has 2 amide bonds. The quantitative estimate of drug-likeness (QED) is 0.225. The summed E-state index contributed by atoms with van der Waals surface area (Å²) in [4.78, 5) is 29.8. The van der Waals surface area contributed by atoms with Crippen molar-refractivity contribution in [2.75, 3.05) is 69.7 Å². The summed E-state index contributed by atoms with van der Waals surface area (Å²) in [6.45, 7) is 5.47. The maximum absolute atomic E-state index is 16.3. The number of nitrogens with one attached hydrogen (secondary N) is 2. The van der Waals surface area contributed by atoms with Crippen LogP contribution in [0.25, 0.3) is 0 Å². The molecule has 1 saturated carbocycles. The number of carbonyl (C=O) groups is 2. The van der Waals surface area contributed by atoms with Crippen LogP contribution in [0.1, 0.15) is 51.0 Å². The van der Waals surface area contributed by atoms with Crippen LogP contribution in [0.15, 0.2) is 76.5 Å². The number of hydrogen-bond donors (Lipinski definition) is 2. The molecule has 14 heteroatoms. The number of likely N-dealkylation sites (tertiary alicyclic amines) is 2. The Labute approximate surface area is 321 Å². The molecule has 3 heterocycles. The van der Waals surface area contributed by atoms with Gasteiger partial charge in [0.05, 0.1) is 35.7 Å². The standard InChI is InChI=1S/C41H50F3N5O5S/c1-28(50)45-32-9-4-10-33(22-32)55(52,53)34-13-14-38(36(43)23-34)49-25-40(44,26-49)24-48-19-15-29(16-20-48)41(27-47-17-6-18-47,30-7-3-8-31(42)21-30)35-11-5-12-37(35)46-39(51)54-2/h3-4,7-10,13-14,21-23,29,35,37H,5-6,11-12,15-20,24-27H2,1-2H3,(H,45,50)(H,46,51)/t35-,37-,41?/m0/s1. The van der Waals surface area contributed by atoms with Crippen LogP contribution < -0.4 is 15.5 Å². The summed E-state index contributed by atoms with van der Waals surface area (Å²) in [5.41, 5.74) is -0.606. The van der Waals surface area contributed by atoms with Gasteiger partial charge in [0.15, 0.2) is 5.67 Å². The molecule has 3 atom stereocenters. The van der Waals surface area contributed by atoms with Crippen molar-refractivity contribution in [2.45, 2.75) is 72.4 Å². The number of hydrogen-bond acceptors (Lipinski definition) is 8. The molecule has 3 aromatic carbocycles. The summed E-state index contributed by atoms with van der Waals surface area (Å²) in [5.74, 6) is -1.15. The highest BCUT2D eigenvalue weighted by molar-refractivity contribution is 7.91. The van der Waals surface area contributed by atoms with Gasteiger partial charge in [0, 0.05) is 37.2 Å². The second-order valence-corrected chi connectivity index (χ2v) is 17.8. The Morgan fingerprint density at radius 3 is 2.27 bits per heavy atom. The molecule has 3 saturated heterocycles. The molecule has 3 aliphatic heterocycles. The topological polar surface area (TPSA) is 111 Å². The molecule has 0 radical (unpaired) electrons. The van der Waals surface area contributed by atoms with Gasteiger partial charge >= 0.3 is 6.09 Å². The van der Waals surface area contributed by atoms with Gasteiger partial charge in [-0.2, -0.15) is 0 Å². The van der Waals surface area contributed by atoms with Crippen molar-refractivity contribution in [3.63, 3.8) is 0 Å². The number of halogens is 3. The van der Waals surface area contributed by atoms with Crippen LogP contribution in [0.2, 0.25) is 0 Å². The molecule has 3 aromatic rings. The van der Waals surface area contributed by atoms with E-state index in [4.69, 9.17) is 4.74 Å². The van der Waals surface area contributed by atoms with Gasteiger partial charge in [-0.15, -0.1) is 0 Å². The molecule has 296 valence electrons. The molecular formula is C41H50F3N5O5S. The number of sulfone groups is 1. The fourth-order valence-corrected chi connectivity index (χ4v) is 11.0. The van der Waals surface area contributed by atoms with Crippen LogP contribution in [-0.4, -0.2) is 101 Å². The van der Waals surface area contributed by atoms with Gasteiger partial charge in [0.1, 0.15) is 11.6 Å². The first kappa shape index (κ1) is 39.1. The van der Waals surface area contributed by atoms with E-state index < -0.39 is 32.8 Å². The first-order chi connectivity index (χ1) is 26.3. The lowest BCUT2D eigenvalue weighted by atomic mass is 9.57. The van der Waals surface area contributed by atoms with Crippen molar-refractivity contribution in [3.8, 4) is 0 Å². The molecule has 0 aromatic heterocycles. The van der Waals surface area contributed by atoms with Crippen molar-refractivity contribution >= 4 is 33.2 Å². The summed E-state index contributed by atoms with van der Waals surface area (Å²) >= 11 is 0. The summed E-state index contributed by atoms with van der Waals surface area (Å²) in [7, 11) is -2.72. The number of benzene rings is 3. The number of piperidine rings is 1. The van der Waals surface area contributed by atoms with Gasteiger partial charge in [0.2, 0.25) is 15.7 Å². The molecule has 55 heavy (non-hydrogen) atoms. The van der Waals surface area contributed by atoms with E-state index >= 15 is 8.78 Å². The van der Waals surface area contributed by atoms with Crippen molar-refractivity contribution in [3.05, 3.63) is 83.9 Å². The van der Waals surface area contributed by atoms with E-state index in [0.717, 1.165) is 69.8 Å². The lowest BCUT2D eigenvalue weighted by Crippen LogP contribution is -2.65. The lowest BCUT2D eigenvalue weighted by molar-refractivity contribution is -0.114. The Morgan fingerprint density at radius 1 is 0.891 bits per heavy atom. The zero-order chi connectivity index (χ0) is 39.0. The predicted molar refractivity (Wildman–Crippen MR) is 204 cm³/mol. The minimum absolute atomic E-state index is 0.0279. The number of rotatable bonds is 12. The highest BCUT2D eigenvalue weighted by Gasteiger charge is 2.54. The van der Waals surface area contributed by atoms with Crippen LogP contribution in [0.5, 0.6) is 0 Å². The summed E-state index contributed by atoms with van der Waals surface area (Å²) in [6.07, 6.45) is 4.89. The Kier molecular flexibility index (Phi) is 11.2. The number of alkyl carbamates (subject to hydrolysis) is 1. The highest BCUT2D eigenvalue weighted by Crippen LogP contribution is 2.52. The van der Waals surface area contributed by atoms with Gasteiger partial charge in [-0.25, -0.2) is 26.4 Å². The van der Waals surface area contributed by atoms with Gasteiger partial charge < -0.3 is 25.2 Å². The SMILES string of the molecule is COC(=O)N[C@H]1CCC[C@@H]1C(CN1CCC1)(c1cccc(F)c1)C1CCN(CC2(F)CN(c3ccc(S(=O)(=O)c4cccc(NC(C)=O)c4)cc3F)C2)CC1. The number of amides is 2. The van der Waals surface area contributed by atoms with Gasteiger partial charge in [-0.1, -0.05) is 24.6 Å². The van der Waals surface area contributed by atoms with E-state index in [2.05, 4.69) is 20.4 Å². The molecule has 10 nitrogen and oxygen atoms in total. The van der Waals surface area contributed by atoms with Gasteiger partial charge in [0.25, 0.3) is 0 Å². The average Bonchev–Trinajstić information content (AvgIpc) is 3.59. The first-order valence-electron chi connectivity index (χ1n) is 19.2. The normalized spacial score (nSPS) is 23.0. The van der Waals surface area contributed by atoms with Crippen LogP contribution >= 0.6 is 0 Å². The highest BCUT2D eigenvalue weighted by atomic mass is 32.2. The van der Waals surface area contributed by atoms with E-state index in [9.17, 15) is 22.4 Å². The number of nitrogens with zero attached hydrogens (tertiary/aromatic N) is 3. The third kappa shape index (κ3) is 8.08. The number of carbonyl (C=O) groups excluding carboxylic acids is 2. The maximum atomic E-state index is 16.3. The van der Waals surface area contributed by atoms with Crippen LogP contribution in [0.3, 0.4) is 0 Å². The molecule has 1 unspecified atom stereocenters. The Balaban J connectivity index is 1.03. The Bertz CT molecular complexity index is 2000. The molecule has 0 spiro atoms. The van der Waals surface area contributed by atoms with E-state index in [1.807, 2.05) is 6.07 Å². The number of methoxy groups -OCH3 is 1. The maximum Gasteiger partial charge on any atom is 0.407 e. The van der Waals surface area contributed by atoms with Crippen molar-refractivity contribution in [2.24, 2.45) is 11.8 Å². The molecule has 0 bridgehead atoms. The second kappa shape index (κ2) is 15.8. The average molecular weight is 782 g/mol. The Hall–Kier alpha value is -4.14. The summed E-state index contributed by atoms with van der Waals surface area (Å²) in [6, 6.07) is 16.3. The van der Waals surface area contributed by atoms with E-state index in [0.29, 0.717) is 18.8 Å². The largest absolute Gasteiger partial charge is 0.453 e. The predicted octanol–water partition coefficient (Wildman–Crippen LogP) is 6.16. The fourth-order valence-electron chi connectivity index (χ4n) is 9.64. The molecule has 7 rings (SSSR count). The zero-order valence-corrected chi connectivity index (χ0v) is 32.2. The smallest absolute Gasteiger partial charge is 0.407 e. The van der Waals surface area contributed by atoms with Gasteiger partial charge in [-0.3, -0.25) is 9.69 Å². The third-order valence-electron chi connectivity index (χ3n) is 12.3. The third-order valence-corrected chi connectivity index (χ3v) is 14.0. The monoisotopic (exact) mass is 781 g/mol. The van der Waals surface area contributed by atoms with Crippen molar-refractivity contribution in [1.29, 1.82) is 0 Å². The van der Waals surface area contributed by atoms with Crippen LogP contribution in [-0.2, 0) is 24.8 Å². The van der Waals surface area contributed by atoms with E-state index in [1.165, 1.54) is 50.4 Å². The molecule has 2 N–H and O–H groups in total. The number of alkyl halides is 1. The molecule has 1 aliphatic carbocycles. The van der Waals surface area contributed by atoms with E-state index in [-0.39, 0.29) is 64.7 Å².